The van der Waals surface area contributed by atoms with Crippen LogP contribution in [0.3, 0.4) is 0 Å². The summed E-state index contributed by atoms with van der Waals surface area (Å²) in [6.45, 7) is 8.34. The minimum absolute atomic E-state index is 0.155. The fourth-order valence-electron chi connectivity index (χ4n) is 2.85. The van der Waals surface area contributed by atoms with Gasteiger partial charge in [-0.1, -0.05) is 12.1 Å². The van der Waals surface area contributed by atoms with Crippen LogP contribution in [0.1, 0.15) is 39.2 Å². The third-order valence-corrected chi connectivity index (χ3v) is 3.91. The third kappa shape index (κ3) is 4.40. The van der Waals surface area contributed by atoms with Crippen molar-refractivity contribution in [3.8, 4) is 5.75 Å². The molecule has 1 heterocycles. The Morgan fingerprint density at radius 3 is 2.33 bits per heavy atom. The maximum atomic E-state index is 12.2. The lowest BCUT2D eigenvalue weighted by Crippen LogP contribution is -2.35. The van der Waals surface area contributed by atoms with E-state index in [1.165, 1.54) is 4.90 Å². The van der Waals surface area contributed by atoms with Crippen molar-refractivity contribution in [2.24, 2.45) is 5.92 Å². The van der Waals surface area contributed by atoms with Gasteiger partial charge in [-0.2, -0.15) is 0 Å². The molecule has 0 unspecified atom stereocenters. The summed E-state index contributed by atoms with van der Waals surface area (Å²) in [6.07, 6.45) is -0.470. The number of carbonyl (C=O) groups excluding carboxylic acids is 1. The van der Waals surface area contributed by atoms with Gasteiger partial charge in [-0.05, 0) is 45.4 Å². The summed E-state index contributed by atoms with van der Waals surface area (Å²) in [5.41, 5.74) is 0.282. The average molecular weight is 335 g/mol. The van der Waals surface area contributed by atoms with Crippen molar-refractivity contribution >= 4 is 12.1 Å². The monoisotopic (exact) mass is 335 g/mol. The zero-order valence-corrected chi connectivity index (χ0v) is 14.6. The van der Waals surface area contributed by atoms with Gasteiger partial charge in [0, 0.05) is 19.0 Å². The number of likely N-dealkylation sites (tertiary alicyclic amines) is 1. The Hall–Kier alpha value is -2.24. The molecular weight excluding hydrogens is 310 g/mol. The highest BCUT2D eigenvalue weighted by Crippen LogP contribution is 2.34. The van der Waals surface area contributed by atoms with E-state index in [9.17, 15) is 14.7 Å². The Morgan fingerprint density at radius 1 is 1.21 bits per heavy atom. The number of hydrogen-bond donors (Lipinski definition) is 1. The zero-order valence-electron chi connectivity index (χ0n) is 14.6. The number of amides is 1. The van der Waals surface area contributed by atoms with Crippen LogP contribution < -0.4 is 4.74 Å². The molecule has 1 fully saturated rings. The van der Waals surface area contributed by atoms with Crippen LogP contribution in [-0.2, 0) is 9.53 Å². The topological polar surface area (TPSA) is 76.1 Å². The minimum Gasteiger partial charge on any atom is -0.494 e. The molecular formula is C18H25NO5. The van der Waals surface area contributed by atoms with Crippen LogP contribution in [0.25, 0.3) is 0 Å². The maximum Gasteiger partial charge on any atom is 0.410 e. The Balaban J connectivity index is 2.15. The van der Waals surface area contributed by atoms with E-state index in [1.807, 2.05) is 31.2 Å². The van der Waals surface area contributed by atoms with Gasteiger partial charge in [0.1, 0.15) is 11.4 Å². The van der Waals surface area contributed by atoms with Crippen LogP contribution in [0.2, 0.25) is 0 Å². The molecule has 0 radical (unpaired) electrons. The van der Waals surface area contributed by atoms with E-state index in [4.69, 9.17) is 9.47 Å². The molecule has 0 aromatic heterocycles. The van der Waals surface area contributed by atoms with Crippen molar-refractivity contribution in [3.05, 3.63) is 29.8 Å². The summed E-state index contributed by atoms with van der Waals surface area (Å²) in [6, 6.07) is 7.39. The van der Waals surface area contributed by atoms with Gasteiger partial charge < -0.3 is 19.5 Å². The Morgan fingerprint density at radius 2 is 1.83 bits per heavy atom. The lowest BCUT2D eigenvalue weighted by atomic mass is 9.89. The second-order valence-electron chi connectivity index (χ2n) is 6.94. The van der Waals surface area contributed by atoms with Crippen molar-refractivity contribution in [3.63, 3.8) is 0 Å². The molecule has 1 aliphatic rings. The highest BCUT2D eigenvalue weighted by molar-refractivity contribution is 5.76. The second kappa shape index (κ2) is 7.11. The SMILES string of the molecule is CCOc1ccc([C@@H]2CN(C(=O)OC(C)(C)C)C[C@H]2C(=O)O)cc1. The Bertz CT molecular complexity index is 590. The number of nitrogens with zero attached hydrogens (tertiary/aromatic N) is 1. The van der Waals surface area contributed by atoms with Gasteiger partial charge in [0.25, 0.3) is 0 Å². The van der Waals surface area contributed by atoms with Gasteiger partial charge in [-0.3, -0.25) is 4.79 Å². The van der Waals surface area contributed by atoms with E-state index in [-0.39, 0.29) is 12.5 Å². The molecule has 0 aliphatic carbocycles. The molecule has 2 rings (SSSR count). The maximum absolute atomic E-state index is 12.2. The predicted molar refractivity (Wildman–Crippen MR) is 89.3 cm³/mol. The van der Waals surface area contributed by atoms with E-state index in [2.05, 4.69) is 0 Å². The summed E-state index contributed by atoms with van der Waals surface area (Å²) >= 11 is 0. The summed E-state index contributed by atoms with van der Waals surface area (Å²) in [5, 5.41) is 9.51. The highest BCUT2D eigenvalue weighted by Gasteiger charge is 2.41. The van der Waals surface area contributed by atoms with E-state index >= 15 is 0 Å². The second-order valence-corrected chi connectivity index (χ2v) is 6.94. The van der Waals surface area contributed by atoms with Crippen molar-refractivity contribution in [1.29, 1.82) is 0 Å². The molecule has 1 aromatic rings. The molecule has 1 amide bonds. The molecule has 6 heteroatoms. The van der Waals surface area contributed by atoms with Crippen LogP contribution in [0.4, 0.5) is 4.79 Å². The summed E-state index contributed by atoms with van der Waals surface area (Å²) < 4.78 is 10.8. The third-order valence-electron chi connectivity index (χ3n) is 3.91. The summed E-state index contributed by atoms with van der Waals surface area (Å²) in [7, 11) is 0. The quantitative estimate of drug-likeness (QED) is 0.915. The van der Waals surface area contributed by atoms with Gasteiger partial charge in [-0.25, -0.2) is 4.79 Å². The number of benzene rings is 1. The Labute approximate surface area is 142 Å². The first-order valence-corrected chi connectivity index (χ1v) is 8.14. The minimum atomic E-state index is -0.903. The first kappa shape index (κ1) is 18.1. The van der Waals surface area contributed by atoms with E-state index in [0.29, 0.717) is 13.2 Å². The molecule has 1 N–H and O–H groups in total. The molecule has 0 spiro atoms. The summed E-state index contributed by atoms with van der Waals surface area (Å²) in [4.78, 5) is 25.3. The van der Waals surface area contributed by atoms with Gasteiger partial charge in [0.05, 0.1) is 12.5 Å². The first-order chi connectivity index (χ1) is 11.2. The lowest BCUT2D eigenvalue weighted by Gasteiger charge is -2.24. The Kier molecular flexibility index (Phi) is 5.36. The highest BCUT2D eigenvalue weighted by atomic mass is 16.6. The number of ether oxygens (including phenoxy) is 2. The van der Waals surface area contributed by atoms with Gasteiger partial charge in [0.15, 0.2) is 0 Å². The zero-order chi connectivity index (χ0) is 17.9. The normalized spacial score (nSPS) is 20.8. The van der Waals surface area contributed by atoms with Crippen LogP contribution in [-0.4, -0.2) is 47.4 Å². The van der Waals surface area contributed by atoms with Gasteiger partial charge in [-0.15, -0.1) is 0 Å². The van der Waals surface area contributed by atoms with Crippen molar-refractivity contribution < 1.29 is 24.2 Å². The first-order valence-electron chi connectivity index (χ1n) is 8.14. The number of carboxylic acid groups (broad SMARTS) is 1. The molecule has 1 aromatic carbocycles. The van der Waals surface area contributed by atoms with Gasteiger partial charge in [0.2, 0.25) is 0 Å². The molecule has 6 nitrogen and oxygen atoms in total. The number of aliphatic carboxylic acids is 1. The van der Waals surface area contributed by atoms with Crippen LogP contribution in [0, 0.1) is 5.92 Å². The van der Waals surface area contributed by atoms with Crippen LogP contribution in [0.15, 0.2) is 24.3 Å². The lowest BCUT2D eigenvalue weighted by molar-refractivity contribution is -0.141. The summed E-state index contributed by atoms with van der Waals surface area (Å²) in [5.74, 6) is -1.06. The molecule has 0 bridgehead atoms. The predicted octanol–water partition coefficient (Wildman–Crippen LogP) is 3.12. The molecule has 1 aliphatic heterocycles. The fraction of sp³-hybridized carbons (Fsp3) is 0.556. The van der Waals surface area contributed by atoms with E-state index in [1.54, 1.807) is 20.8 Å². The fourth-order valence-corrected chi connectivity index (χ4v) is 2.85. The van der Waals surface area contributed by atoms with E-state index < -0.39 is 23.6 Å². The number of rotatable bonds is 4. The molecule has 1 saturated heterocycles. The van der Waals surface area contributed by atoms with Crippen molar-refractivity contribution in [2.45, 2.75) is 39.2 Å². The standard InChI is InChI=1S/C18H25NO5/c1-5-23-13-8-6-12(7-9-13)14-10-19(11-15(14)16(20)21)17(22)24-18(2,3)4/h6-9,14-15H,5,10-11H2,1-4H3,(H,20,21)/t14-,15+/m0/s1. The molecule has 24 heavy (non-hydrogen) atoms. The molecule has 132 valence electrons. The van der Waals surface area contributed by atoms with Crippen molar-refractivity contribution in [2.75, 3.05) is 19.7 Å². The number of hydrogen-bond acceptors (Lipinski definition) is 4. The smallest absolute Gasteiger partial charge is 0.410 e. The molecule has 2 atom stereocenters. The van der Waals surface area contributed by atoms with Gasteiger partial charge >= 0.3 is 12.1 Å². The molecule has 0 saturated carbocycles. The largest absolute Gasteiger partial charge is 0.494 e. The number of carboxylic acids is 1. The van der Waals surface area contributed by atoms with E-state index in [0.717, 1.165) is 11.3 Å². The van der Waals surface area contributed by atoms with Crippen LogP contribution in [0.5, 0.6) is 5.75 Å². The number of carbonyl (C=O) groups is 2. The van der Waals surface area contributed by atoms with Crippen LogP contribution >= 0.6 is 0 Å². The van der Waals surface area contributed by atoms with Crippen molar-refractivity contribution in [1.82, 2.24) is 4.90 Å². The average Bonchev–Trinajstić information content (AvgIpc) is 2.92.